The summed E-state index contributed by atoms with van der Waals surface area (Å²) >= 11 is 5.90. The lowest BCUT2D eigenvalue weighted by molar-refractivity contribution is -0.115. The zero-order valence-corrected chi connectivity index (χ0v) is 16.6. The molecule has 0 spiro atoms. The molecule has 2 rings (SSSR count). The maximum atomic E-state index is 12.1. The Morgan fingerprint density at radius 3 is 2.29 bits per heavy atom. The van der Waals surface area contributed by atoms with Crippen molar-refractivity contribution < 1.29 is 14.4 Å². The lowest BCUT2D eigenvalue weighted by Crippen LogP contribution is -2.21. The van der Waals surface area contributed by atoms with Gasteiger partial charge >= 0.3 is 0 Å². The standard InChI is InChI=1S/C20H21ClN4O3/c1-12-10-16(21)6-9-18(12)23-19(27)11-13(2)24-25-20(28)15-4-7-17(8-5-15)22-14(3)26/h4-10H,11H2,1-3H3,(H,22,26)(H,23,27)(H,25,28). The van der Waals surface area contributed by atoms with Gasteiger partial charge in [-0.05, 0) is 61.9 Å². The molecule has 146 valence electrons. The molecule has 0 heterocycles. The van der Waals surface area contributed by atoms with Crippen LogP contribution in [0.4, 0.5) is 11.4 Å². The fourth-order valence-electron chi connectivity index (χ4n) is 2.35. The molecule has 0 atom stereocenters. The first-order valence-electron chi connectivity index (χ1n) is 8.52. The van der Waals surface area contributed by atoms with Gasteiger partial charge in [0.2, 0.25) is 11.8 Å². The molecule has 0 aliphatic rings. The van der Waals surface area contributed by atoms with Crippen molar-refractivity contribution in [1.29, 1.82) is 0 Å². The summed E-state index contributed by atoms with van der Waals surface area (Å²) < 4.78 is 0. The van der Waals surface area contributed by atoms with Gasteiger partial charge in [-0.1, -0.05) is 11.6 Å². The molecule has 0 fully saturated rings. The first-order chi connectivity index (χ1) is 13.2. The Kier molecular flexibility index (Phi) is 7.28. The van der Waals surface area contributed by atoms with E-state index in [-0.39, 0.29) is 18.2 Å². The van der Waals surface area contributed by atoms with E-state index in [4.69, 9.17) is 11.6 Å². The number of benzene rings is 2. The van der Waals surface area contributed by atoms with Crippen LogP contribution in [0.15, 0.2) is 47.6 Å². The molecule has 28 heavy (non-hydrogen) atoms. The predicted molar refractivity (Wildman–Crippen MR) is 111 cm³/mol. The van der Waals surface area contributed by atoms with E-state index in [1.54, 1.807) is 49.4 Å². The average Bonchev–Trinajstić information content (AvgIpc) is 2.62. The molecule has 0 aliphatic heterocycles. The van der Waals surface area contributed by atoms with E-state index in [1.807, 2.05) is 6.92 Å². The van der Waals surface area contributed by atoms with Crippen molar-refractivity contribution in [3.05, 3.63) is 58.6 Å². The van der Waals surface area contributed by atoms with E-state index in [2.05, 4.69) is 21.2 Å². The molecule has 3 N–H and O–H groups in total. The lowest BCUT2D eigenvalue weighted by Gasteiger charge is -2.09. The Hall–Kier alpha value is -3.19. The number of nitrogens with one attached hydrogen (secondary N) is 3. The number of amides is 3. The molecule has 2 aromatic rings. The van der Waals surface area contributed by atoms with E-state index in [1.165, 1.54) is 6.92 Å². The molecule has 7 nitrogen and oxygen atoms in total. The number of carbonyl (C=O) groups is 3. The molecule has 0 aliphatic carbocycles. The Bertz CT molecular complexity index is 924. The van der Waals surface area contributed by atoms with Gasteiger partial charge in [-0.2, -0.15) is 5.10 Å². The first kappa shape index (κ1) is 21.1. The van der Waals surface area contributed by atoms with Gasteiger partial charge in [0.25, 0.3) is 5.91 Å². The van der Waals surface area contributed by atoms with Crippen LogP contribution in [-0.2, 0) is 9.59 Å². The molecular formula is C20H21ClN4O3. The van der Waals surface area contributed by atoms with Crippen LogP contribution in [0.2, 0.25) is 5.02 Å². The fraction of sp³-hybridized carbons (Fsp3) is 0.200. The van der Waals surface area contributed by atoms with Crippen LogP contribution in [0.5, 0.6) is 0 Å². The number of nitrogens with zero attached hydrogens (tertiary/aromatic N) is 1. The van der Waals surface area contributed by atoms with Crippen molar-refractivity contribution >= 4 is 46.4 Å². The molecule has 8 heteroatoms. The summed E-state index contributed by atoms with van der Waals surface area (Å²) in [7, 11) is 0. The first-order valence-corrected chi connectivity index (χ1v) is 8.89. The maximum Gasteiger partial charge on any atom is 0.271 e. The summed E-state index contributed by atoms with van der Waals surface area (Å²) in [5, 5.41) is 9.96. The van der Waals surface area contributed by atoms with Crippen molar-refractivity contribution in [3.8, 4) is 0 Å². The summed E-state index contributed by atoms with van der Waals surface area (Å²) in [6, 6.07) is 11.6. The van der Waals surface area contributed by atoms with Crippen molar-refractivity contribution in [2.24, 2.45) is 5.10 Å². The molecule has 2 aromatic carbocycles. The highest BCUT2D eigenvalue weighted by Gasteiger charge is 2.09. The highest BCUT2D eigenvalue weighted by Crippen LogP contribution is 2.19. The molecule has 0 unspecified atom stereocenters. The number of aryl methyl sites for hydroxylation is 1. The summed E-state index contributed by atoms with van der Waals surface area (Å²) in [6.45, 7) is 4.90. The van der Waals surface area contributed by atoms with Crippen molar-refractivity contribution in [2.75, 3.05) is 10.6 Å². The van der Waals surface area contributed by atoms with E-state index in [0.717, 1.165) is 5.56 Å². The zero-order chi connectivity index (χ0) is 20.7. The van der Waals surface area contributed by atoms with Crippen molar-refractivity contribution in [1.82, 2.24) is 5.43 Å². The van der Waals surface area contributed by atoms with E-state index in [0.29, 0.717) is 27.7 Å². The SMILES string of the molecule is CC(=O)Nc1ccc(C(=O)NN=C(C)CC(=O)Nc2ccc(Cl)cc2C)cc1. The minimum Gasteiger partial charge on any atom is -0.326 e. The average molecular weight is 401 g/mol. The molecule has 0 radical (unpaired) electrons. The van der Waals surface area contributed by atoms with Gasteiger partial charge in [0.1, 0.15) is 0 Å². The Balaban J connectivity index is 1.89. The van der Waals surface area contributed by atoms with Crippen LogP contribution in [0.3, 0.4) is 0 Å². The summed E-state index contributed by atoms with van der Waals surface area (Å²) in [4.78, 5) is 35.2. The second-order valence-electron chi connectivity index (χ2n) is 6.23. The second kappa shape index (κ2) is 9.66. The molecule has 0 bridgehead atoms. The van der Waals surface area contributed by atoms with Crippen LogP contribution in [0.1, 0.15) is 36.2 Å². The fourth-order valence-corrected chi connectivity index (χ4v) is 2.58. The Morgan fingerprint density at radius 1 is 1.00 bits per heavy atom. The van der Waals surface area contributed by atoms with Gasteiger partial charge in [-0.3, -0.25) is 14.4 Å². The third-order valence-electron chi connectivity index (χ3n) is 3.69. The molecule has 3 amide bonds. The van der Waals surface area contributed by atoms with E-state index >= 15 is 0 Å². The van der Waals surface area contributed by atoms with Gasteiger partial charge in [0.05, 0.1) is 6.42 Å². The van der Waals surface area contributed by atoms with Crippen molar-refractivity contribution in [2.45, 2.75) is 27.2 Å². The normalized spacial score (nSPS) is 10.9. The van der Waals surface area contributed by atoms with Crippen LogP contribution in [0, 0.1) is 6.92 Å². The zero-order valence-electron chi connectivity index (χ0n) is 15.8. The largest absolute Gasteiger partial charge is 0.326 e. The quantitative estimate of drug-likeness (QED) is 0.508. The number of rotatable bonds is 6. The minimum atomic E-state index is -0.414. The minimum absolute atomic E-state index is 0.0316. The van der Waals surface area contributed by atoms with Crippen LogP contribution < -0.4 is 16.1 Å². The molecule has 0 saturated carbocycles. The molecule has 0 aromatic heterocycles. The number of hydrogen-bond acceptors (Lipinski definition) is 4. The van der Waals surface area contributed by atoms with Crippen LogP contribution in [-0.4, -0.2) is 23.4 Å². The van der Waals surface area contributed by atoms with Gasteiger partial charge in [0, 0.05) is 34.6 Å². The Morgan fingerprint density at radius 2 is 1.68 bits per heavy atom. The lowest BCUT2D eigenvalue weighted by atomic mass is 10.2. The summed E-state index contributed by atoms with van der Waals surface area (Å²) in [5.74, 6) is -0.854. The summed E-state index contributed by atoms with van der Waals surface area (Å²) in [6.07, 6.45) is 0.0316. The van der Waals surface area contributed by atoms with Gasteiger partial charge < -0.3 is 10.6 Å². The number of halogens is 1. The molecule has 0 saturated heterocycles. The Labute approximate surface area is 168 Å². The highest BCUT2D eigenvalue weighted by atomic mass is 35.5. The number of hydrogen-bond donors (Lipinski definition) is 3. The smallest absolute Gasteiger partial charge is 0.271 e. The maximum absolute atomic E-state index is 12.1. The van der Waals surface area contributed by atoms with E-state index < -0.39 is 5.91 Å². The monoisotopic (exact) mass is 400 g/mol. The van der Waals surface area contributed by atoms with Gasteiger partial charge in [-0.15, -0.1) is 0 Å². The second-order valence-corrected chi connectivity index (χ2v) is 6.67. The highest BCUT2D eigenvalue weighted by molar-refractivity contribution is 6.30. The topological polar surface area (TPSA) is 99.7 Å². The third kappa shape index (κ3) is 6.51. The third-order valence-corrected chi connectivity index (χ3v) is 3.93. The van der Waals surface area contributed by atoms with Crippen molar-refractivity contribution in [3.63, 3.8) is 0 Å². The number of carbonyl (C=O) groups excluding carboxylic acids is 3. The van der Waals surface area contributed by atoms with Crippen LogP contribution in [0.25, 0.3) is 0 Å². The summed E-state index contributed by atoms with van der Waals surface area (Å²) in [5.41, 5.74) is 5.36. The van der Waals surface area contributed by atoms with Gasteiger partial charge in [-0.25, -0.2) is 5.43 Å². The van der Waals surface area contributed by atoms with E-state index in [9.17, 15) is 14.4 Å². The van der Waals surface area contributed by atoms with Crippen LogP contribution >= 0.6 is 11.6 Å². The number of anilines is 2. The van der Waals surface area contributed by atoms with Gasteiger partial charge in [0.15, 0.2) is 0 Å². The predicted octanol–water partition coefficient (Wildman–Crippen LogP) is 3.74. The number of hydrazone groups is 1. The molecular weight excluding hydrogens is 380 g/mol.